The highest BCUT2D eigenvalue weighted by Crippen LogP contribution is 2.31. The number of nitrogens with zero attached hydrogens (tertiary/aromatic N) is 2. The summed E-state index contributed by atoms with van der Waals surface area (Å²) in [5.41, 5.74) is -0.232. The third-order valence-electron chi connectivity index (χ3n) is 4.90. The van der Waals surface area contributed by atoms with Gasteiger partial charge in [0.05, 0.1) is 11.8 Å². The van der Waals surface area contributed by atoms with E-state index in [4.69, 9.17) is 0 Å². The SMILES string of the molecule is O=C(CSc1nc(O)cc(=O)n1C1CCCC1)NC1CCCCC1. The van der Waals surface area contributed by atoms with Crippen LogP contribution in [0.2, 0.25) is 0 Å². The Morgan fingerprint density at radius 1 is 1.21 bits per heavy atom. The van der Waals surface area contributed by atoms with Gasteiger partial charge in [-0.2, -0.15) is 4.98 Å². The van der Waals surface area contributed by atoms with E-state index in [2.05, 4.69) is 10.3 Å². The van der Waals surface area contributed by atoms with Gasteiger partial charge in [0.25, 0.3) is 5.56 Å². The van der Waals surface area contributed by atoms with Gasteiger partial charge in [0.15, 0.2) is 5.16 Å². The fourth-order valence-electron chi connectivity index (χ4n) is 3.71. The van der Waals surface area contributed by atoms with Crippen LogP contribution in [0.25, 0.3) is 0 Å². The Bertz CT molecular complexity index is 634. The maximum atomic E-state index is 12.3. The van der Waals surface area contributed by atoms with Crippen LogP contribution in [0.15, 0.2) is 16.0 Å². The van der Waals surface area contributed by atoms with Gasteiger partial charge in [-0.15, -0.1) is 0 Å². The summed E-state index contributed by atoms with van der Waals surface area (Å²) in [4.78, 5) is 28.5. The summed E-state index contributed by atoms with van der Waals surface area (Å²) in [5.74, 6) is -0.0778. The smallest absolute Gasteiger partial charge is 0.258 e. The zero-order valence-electron chi connectivity index (χ0n) is 13.9. The molecule has 0 spiro atoms. The monoisotopic (exact) mass is 351 g/mol. The molecular formula is C17H25N3O3S. The minimum Gasteiger partial charge on any atom is -0.493 e. The number of hydrogen-bond acceptors (Lipinski definition) is 5. The van der Waals surface area contributed by atoms with Crippen LogP contribution in [0, 0.1) is 0 Å². The van der Waals surface area contributed by atoms with Crippen LogP contribution in [0.5, 0.6) is 5.88 Å². The van der Waals surface area contributed by atoms with Gasteiger partial charge in [-0.05, 0) is 25.7 Å². The number of aromatic hydroxyl groups is 1. The number of hydrogen-bond donors (Lipinski definition) is 2. The molecule has 3 rings (SSSR count). The van der Waals surface area contributed by atoms with E-state index in [1.165, 1.54) is 31.0 Å². The van der Waals surface area contributed by atoms with Gasteiger partial charge in [0.2, 0.25) is 11.8 Å². The number of aromatic nitrogens is 2. The zero-order chi connectivity index (χ0) is 16.9. The van der Waals surface area contributed by atoms with E-state index in [0.29, 0.717) is 5.16 Å². The van der Waals surface area contributed by atoms with Gasteiger partial charge in [-0.25, -0.2) is 0 Å². The van der Waals surface area contributed by atoms with Crippen molar-refractivity contribution in [1.82, 2.24) is 14.9 Å². The van der Waals surface area contributed by atoms with E-state index in [1.54, 1.807) is 4.57 Å². The topological polar surface area (TPSA) is 84.2 Å². The van der Waals surface area contributed by atoms with Crippen molar-refractivity contribution < 1.29 is 9.90 Å². The van der Waals surface area contributed by atoms with E-state index >= 15 is 0 Å². The first-order chi connectivity index (χ1) is 11.6. The Kier molecular flexibility index (Phi) is 5.81. The molecule has 2 saturated carbocycles. The third-order valence-corrected chi connectivity index (χ3v) is 5.85. The summed E-state index contributed by atoms with van der Waals surface area (Å²) in [7, 11) is 0. The molecule has 132 valence electrons. The van der Waals surface area contributed by atoms with E-state index in [1.807, 2.05) is 0 Å². The first-order valence-corrected chi connectivity index (χ1v) is 9.87. The molecule has 0 radical (unpaired) electrons. The highest BCUT2D eigenvalue weighted by Gasteiger charge is 2.23. The summed E-state index contributed by atoms with van der Waals surface area (Å²) >= 11 is 1.24. The standard InChI is InChI=1S/C17H25N3O3S/c21-14-10-16(23)20(13-8-4-5-9-13)17(19-14)24-11-15(22)18-12-6-2-1-3-7-12/h10,12-13,21H,1-9,11H2,(H,18,22). The lowest BCUT2D eigenvalue weighted by Crippen LogP contribution is -2.37. The lowest BCUT2D eigenvalue weighted by molar-refractivity contribution is -0.119. The van der Waals surface area contributed by atoms with Crippen LogP contribution in [-0.2, 0) is 4.79 Å². The number of carbonyl (C=O) groups is 1. The minimum absolute atomic E-state index is 0.0255. The van der Waals surface area contributed by atoms with Crippen molar-refractivity contribution in [2.24, 2.45) is 0 Å². The first-order valence-electron chi connectivity index (χ1n) is 8.88. The molecule has 6 nitrogen and oxygen atoms in total. The average Bonchev–Trinajstić information content (AvgIpc) is 3.07. The van der Waals surface area contributed by atoms with Crippen molar-refractivity contribution >= 4 is 17.7 Å². The second-order valence-corrected chi connectivity index (χ2v) is 7.68. The lowest BCUT2D eigenvalue weighted by Gasteiger charge is -2.23. The highest BCUT2D eigenvalue weighted by atomic mass is 32.2. The van der Waals surface area contributed by atoms with E-state index < -0.39 is 0 Å². The second kappa shape index (κ2) is 8.05. The maximum absolute atomic E-state index is 12.3. The quantitative estimate of drug-likeness (QED) is 0.629. The molecule has 2 aliphatic rings. The highest BCUT2D eigenvalue weighted by molar-refractivity contribution is 7.99. The maximum Gasteiger partial charge on any atom is 0.258 e. The van der Waals surface area contributed by atoms with Gasteiger partial charge in [-0.3, -0.25) is 14.2 Å². The largest absolute Gasteiger partial charge is 0.493 e. The van der Waals surface area contributed by atoms with Crippen molar-refractivity contribution in [1.29, 1.82) is 0 Å². The van der Waals surface area contributed by atoms with Crippen LogP contribution in [0.1, 0.15) is 63.8 Å². The summed E-state index contributed by atoms with van der Waals surface area (Å²) < 4.78 is 1.66. The molecule has 7 heteroatoms. The van der Waals surface area contributed by atoms with Crippen LogP contribution in [0.4, 0.5) is 0 Å². The van der Waals surface area contributed by atoms with Crippen molar-refractivity contribution in [3.8, 4) is 5.88 Å². The predicted molar refractivity (Wildman–Crippen MR) is 93.4 cm³/mol. The lowest BCUT2D eigenvalue weighted by atomic mass is 9.95. The van der Waals surface area contributed by atoms with Crippen LogP contribution in [0.3, 0.4) is 0 Å². The Labute approximate surface area is 146 Å². The van der Waals surface area contributed by atoms with E-state index in [0.717, 1.165) is 44.6 Å². The van der Waals surface area contributed by atoms with Gasteiger partial charge in [0.1, 0.15) is 0 Å². The molecule has 2 aliphatic carbocycles. The molecule has 0 bridgehead atoms. The summed E-state index contributed by atoms with van der Waals surface area (Å²) in [6, 6.07) is 1.57. The molecule has 1 amide bonds. The first kappa shape index (κ1) is 17.3. The molecule has 0 aromatic carbocycles. The van der Waals surface area contributed by atoms with Gasteiger partial charge in [0, 0.05) is 12.1 Å². The Hall–Kier alpha value is -1.50. The Morgan fingerprint density at radius 3 is 2.58 bits per heavy atom. The normalized spacial score (nSPS) is 19.5. The zero-order valence-corrected chi connectivity index (χ0v) is 14.7. The van der Waals surface area contributed by atoms with E-state index in [9.17, 15) is 14.7 Å². The molecule has 1 heterocycles. The van der Waals surface area contributed by atoms with Gasteiger partial charge in [-0.1, -0.05) is 43.9 Å². The molecule has 2 fully saturated rings. The Balaban J connectivity index is 1.65. The fourth-order valence-corrected chi connectivity index (χ4v) is 4.58. The van der Waals surface area contributed by atoms with Crippen LogP contribution < -0.4 is 10.9 Å². The predicted octanol–water partition coefficient (Wildman–Crippen LogP) is 2.61. The Morgan fingerprint density at radius 2 is 1.88 bits per heavy atom. The molecule has 0 saturated heterocycles. The number of carbonyl (C=O) groups excluding carboxylic acids is 1. The summed E-state index contributed by atoms with van der Waals surface area (Å²) in [5, 5.41) is 13.2. The summed E-state index contributed by atoms with van der Waals surface area (Å²) in [6.45, 7) is 0. The van der Waals surface area contributed by atoms with Crippen molar-refractivity contribution in [2.75, 3.05) is 5.75 Å². The van der Waals surface area contributed by atoms with Crippen molar-refractivity contribution in [3.63, 3.8) is 0 Å². The van der Waals surface area contributed by atoms with Gasteiger partial charge < -0.3 is 10.4 Å². The molecule has 0 unspecified atom stereocenters. The van der Waals surface area contributed by atoms with Crippen LogP contribution >= 0.6 is 11.8 Å². The summed E-state index contributed by atoms with van der Waals surface area (Å²) in [6.07, 6.45) is 9.81. The molecule has 24 heavy (non-hydrogen) atoms. The molecule has 0 atom stereocenters. The number of rotatable bonds is 5. The molecule has 0 aliphatic heterocycles. The number of thioether (sulfide) groups is 1. The number of nitrogens with one attached hydrogen (secondary N) is 1. The second-order valence-electron chi connectivity index (χ2n) is 6.73. The van der Waals surface area contributed by atoms with Gasteiger partial charge >= 0.3 is 0 Å². The van der Waals surface area contributed by atoms with E-state index in [-0.39, 0.29) is 35.2 Å². The molecular weight excluding hydrogens is 326 g/mol. The fraction of sp³-hybridized carbons (Fsp3) is 0.706. The molecule has 1 aromatic heterocycles. The van der Waals surface area contributed by atoms with Crippen molar-refractivity contribution in [2.45, 2.75) is 75.0 Å². The minimum atomic E-state index is -0.274. The van der Waals surface area contributed by atoms with Crippen LogP contribution in [-0.4, -0.2) is 32.4 Å². The molecule has 1 aromatic rings. The van der Waals surface area contributed by atoms with Crippen molar-refractivity contribution in [3.05, 3.63) is 16.4 Å². The molecule has 2 N–H and O–H groups in total. The number of amides is 1. The third kappa shape index (κ3) is 4.32. The average molecular weight is 351 g/mol.